The maximum absolute atomic E-state index is 11.1. The highest BCUT2D eigenvalue weighted by molar-refractivity contribution is 5.60. The van der Waals surface area contributed by atoms with Crippen molar-refractivity contribution in [3.63, 3.8) is 0 Å². The molecule has 0 bridgehead atoms. The Morgan fingerprint density at radius 3 is 2.57 bits per heavy atom. The van der Waals surface area contributed by atoms with E-state index in [-0.39, 0.29) is 11.2 Å². The number of aromatic nitrogens is 1. The monoisotopic (exact) mass is 293 g/mol. The molecule has 1 aromatic rings. The third-order valence-corrected chi connectivity index (χ3v) is 4.39. The molecule has 1 saturated carbocycles. The van der Waals surface area contributed by atoms with Gasteiger partial charge in [0.1, 0.15) is 5.82 Å². The second-order valence-corrected chi connectivity index (χ2v) is 5.75. The van der Waals surface area contributed by atoms with Crippen LogP contribution in [0, 0.1) is 10.1 Å². The van der Waals surface area contributed by atoms with Crippen molar-refractivity contribution in [2.45, 2.75) is 31.2 Å². The fraction of sp³-hybridized carbons (Fsp3) is 0.643. The normalized spacial score (nSPS) is 17.0. The molecule has 0 spiro atoms. The van der Waals surface area contributed by atoms with Crippen molar-refractivity contribution in [3.8, 4) is 0 Å². The van der Waals surface area contributed by atoms with Crippen LogP contribution in [0.25, 0.3) is 0 Å². The summed E-state index contributed by atoms with van der Waals surface area (Å²) in [7, 11) is 5.88. The molecule has 0 amide bonds. The van der Waals surface area contributed by atoms with Crippen molar-refractivity contribution in [3.05, 3.63) is 22.2 Å². The highest BCUT2D eigenvalue weighted by Crippen LogP contribution is 2.34. The van der Waals surface area contributed by atoms with Crippen LogP contribution in [0.4, 0.5) is 17.3 Å². The third kappa shape index (κ3) is 3.24. The number of nitro groups is 1. The lowest BCUT2D eigenvalue weighted by molar-refractivity contribution is -0.384. The van der Waals surface area contributed by atoms with E-state index in [1.54, 1.807) is 13.1 Å². The van der Waals surface area contributed by atoms with E-state index in [1.807, 2.05) is 0 Å². The molecule has 116 valence electrons. The largest absolute Gasteiger partial charge is 0.373 e. The number of likely N-dealkylation sites (N-methyl/N-ethyl adjacent to an activating group) is 1. The van der Waals surface area contributed by atoms with E-state index >= 15 is 0 Å². The first kappa shape index (κ1) is 15.5. The fourth-order valence-corrected chi connectivity index (χ4v) is 2.93. The third-order valence-electron chi connectivity index (χ3n) is 4.39. The van der Waals surface area contributed by atoms with Crippen molar-refractivity contribution >= 4 is 17.3 Å². The van der Waals surface area contributed by atoms with E-state index in [1.165, 1.54) is 18.9 Å². The van der Waals surface area contributed by atoms with E-state index in [0.717, 1.165) is 12.8 Å². The van der Waals surface area contributed by atoms with Gasteiger partial charge in [-0.15, -0.1) is 0 Å². The van der Waals surface area contributed by atoms with Crippen molar-refractivity contribution < 1.29 is 4.92 Å². The Bertz CT molecular complexity index is 512. The summed E-state index contributed by atoms with van der Waals surface area (Å²) < 4.78 is 0. The van der Waals surface area contributed by atoms with Gasteiger partial charge in [-0.3, -0.25) is 10.1 Å². The molecule has 0 radical (unpaired) electrons. The van der Waals surface area contributed by atoms with Gasteiger partial charge in [-0.2, -0.15) is 0 Å². The first-order valence-electron chi connectivity index (χ1n) is 7.23. The Morgan fingerprint density at radius 2 is 2.05 bits per heavy atom. The highest BCUT2D eigenvalue weighted by Gasteiger charge is 2.36. The number of hydrogen-bond donors (Lipinski definition) is 2. The van der Waals surface area contributed by atoms with Crippen molar-refractivity contribution in [1.82, 2.24) is 9.88 Å². The number of hydrogen-bond acceptors (Lipinski definition) is 6. The average Bonchev–Trinajstić information content (AvgIpc) is 2.94. The lowest BCUT2D eigenvalue weighted by Crippen LogP contribution is -2.47. The second kappa shape index (κ2) is 6.26. The van der Waals surface area contributed by atoms with Crippen LogP contribution < -0.4 is 10.6 Å². The molecule has 1 heterocycles. The summed E-state index contributed by atoms with van der Waals surface area (Å²) in [6.45, 7) is 0.668. The minimum absolute atomic E-state index is 0.0147. The quantitative estimate of drug-likeness (QED) is 0.618. The first-order valence-corrected chi connectivity index (χ1v) is 7.23. The zero-order valence-corrected chi connectivity index (χ0v) is 12.8. The maximum Gasteiger partial charge on any atom is 0.311 e. The average molecular weight is 293 g/mol. The SMILES string of the molecule is CNc1ccc([N+](=O)[O-])c(NCC2(N(C)C)CCCC2)n1. The van der Waals surface area contributed by atoms with Crippen LogP contribution in [-0.4, -0.2) is 48.0 Å². The molecule has 7 nitrogen and oxygen atoms in total. The van der Waals surface area contributed by atoms with Gasteiger partial charge >= 0.3 is 5.69 Å². The Kier molecular flexibility index (Phi) is 4.62. The Labute approximate surface area is 124 Å². The molecule has 1 aliphatic carbocycles. The molecule has 7 heteroatoms. The predicted octanol–water partition coefficient (Wildman–Crippen LogP) is 2.32. The Hall–Kier alpha value is -1.89. The molecule has 1 fully saturated rings. The molecule has 1 aliphatic rings. The molecule has 0 atom stereocenters. The van der Waals surface area contributed by atoms with E-state index in [0.29, 0.717) is 18.2 Å². The summed E-state index contributed by atoms with van der Waals surface area (Å²) in [5, 5.41) is 17.2. The summed E-state index contributed by atoms with van der Waals surface area (Å²) in [5.74, 6) is 0.952. The van der Waals surface area contributed by atoms with E-state index < -0.39 is 4.92 Å². The molecular weight excluding hydrogens is 270 g/mol. The van der Waals surface area contributed by atoms with Gasteiger partial charge in [0, 0.05) is 25.2 Å². The van der Waals surface area contributed by atoms with Crippen LogP contribution in [0.1, 0.15) is 25.7 Å². The van der Waals surface area contributed by atoms with Crippen molar-refractivity contribution in [1.29, 1.82) is 0 Å². The second-order valence-electron chi connectivity index (χ2n) is 5.75. The molecule has 21 heavy (non-hydrogen) atoms. The smallest absolute Gasteiger partial charge is 0.311 e. The number of nitrogens with one attached hydrogen (secondary N) is 2. The lowest BCUT2D eigenvalue weighted by atomic mass is 9.96. The van der Waals surface area contributed by atoms with Crippen molar-refractivity contribution in [2.75, 3.05) is 38.3 Å². The summed E-state index contributed by atoms with van der Waals surface area (Å²) in [4.78, 5) is 17.2. The number of nitrogens with zero attached hydrogens (tertiary/aromatic N) is 3. The van der Waals surface area contributed by atoms with Gasteiger partial charge in [-0.05, 0) is 33.0 Å². The molecule has 0 saturated heterocycles. The van der Waals surface area contributed by atoms with Crippen LogP contribution in [0.3, 0.4) is 0 Å². The predicted molar refractivity (Wildman–Crippen MR) is 83.8 cm³/mol. The standard InChI is InChI=1S/C14H23N5O2/c1-15-12-7-6-11(19(20)21)13(17-12)16-10-14(18(2)3)8-4-5-9-14/h6-7H,4-5,8-10H2,1-3H3,(H2,15,16,17). The molecule has 2 rings (SSSR count). The van der Waals surface area contributed by atoms with Gasteiger partial charge in [-0.25, -0.2) is 4.98 Å². The summed E-state index contributed by atoms with van der Waals surface area (Å²) in [5.41, 5.74) is 0.0754. The van der Waals surface area contributed by atoms with Gasteiger partial charge in [0.2, 0.25) is 5.82 Å². The fourth-order valence-electron chi connectivity index (χ4n) is 2.93. The van der Waals surface area contributed by atoms with E-state index in [2.05, 4.69) is 34.6 Å². The van der Waals surface area contributed by atoms with Gasteiger partial charge in [0.25, 0.3) is 0 Å². The molecule has 0 unspecified atom stereocenters. The Morgan fingerprint density at radius 1 is 1.38 bits per heavy atom. The van der Waals surface area contributed by atoms with Crippen LogP contribution in [0.2, 0.25) is 0 Å². The minimum Gasteiger partial charge on any atom is -0.373 e. The zero-order valence-electron chi connectivity index (χ0n) is 12.8. The number of pyridine rings is 1. The number of anilines is 2. The molecule has 2 N–H and O–H groups in total. The molecule has 0 aliphatic heterocycles. The van der Waals surface area contributed by atoms with Crippen LogP contribution in [0.5, 0.6) is 0 Å². The van der Waals surface area contributed by atoms with Crippen LogP contribution in [0.15, 0.2) is 12.1 Å². The summed E-state index contributed by atoms with van der Waals surface area (Å²) in [6, 6.07) is 3.10. The highest BCUT2D eigenvalue weighted by atomic mass is 16.6. The van der Waals surface area contributed by atoms with Crippen molar-refractivity contribution in [2.24, 2.45) is 0 Å². The topological polar surface area (TPSA) is 83.3 Å². The van der Waals surface area contributed by atoms with Gasteiger partial charge in [0.05, 0.1) is 4.92 Å². The zero-order chi connectivity index (χ0) is 15.5. The maximum atomic E-state index is 11.1. The van der Waals surface area contributed by atoms with Gasteiger partial charge in [-0.1, -0.05) is 12.8 Å². The van der Waals surface area contributed by atoms with Crippen LogP contribution in [-0.2, 0) is 0 Å². The van der Waals surface area contributed by atoms with Gasteiger partial charge in [0.15, 0.2) is 0 Å². The molecular formula is C14H23N5O2. The summed E-state index contributed by atoms with van der Waals surface area (Å²) >= 11 is 0. The van der Waals surface area contributed by atoms with E-state index in [9.17, 15) is 10.1 Å². The van der Waals surface area contributed by atoms with Gasteiger partial charge < -0.3 is 15.5 Å². The van der Waals surface area contributed by atoms with E-state index in [4.69, 9.17) is 0 Å². The molecule has 0 aromatic carbocycles. The minimum atomic E-state index is -0.397. The lowest BCUT2D eigenvalue weighted by Gasteiger charge is -2.36. The summed E-state index contributed by atoms with van der Waals surface area (Å²) in [6.07, 6.45) is 4.61. The Balaban J connectivity index is 2.20. The number of rotatable bonds is 6. The molecule has 1 aromatic heterocycles. The first-order chi connectivity index (χ1) is 9.98. The van der Waals surface area contributed by atoms with Crippen LogP contribution >= 0.6 is 0 Å².